The fraction of sp³-hybridized carbons (Fsp3) is 0. The Morgan fingerprint density at radius 1 is 0.412 bits per heavy atom. The molecule has 17 heavy (non-hydrogen) atoms. The van der Waals surface area contributed by atoms with Gasteiger partial charge in [0.05, 0.1) is 0 Å². The summed E-state index contributed by atoms with van der Waals surface area (Å²) in [6.07, 6.45) is 0. The van der Waals surface area contributed by atoms with Gasteiger partial charge in [0.2, 0.25) is 0 Å². The van der Waals surface area contributed by atoms with Crippen LogP contribution in [-0.2, 0) is 103 Å². The minimum atomic E-state index is -5.62. The van der Waals surface area contributed by atoms with Crippen molar-refractivity contribution < 1.29 is 128 Å². The van der Waals surface area contributed by atoms with Crippen molar-refractivity contribution in [1.29, 1.82) is 0 Å². The van der Waals surface area contributed by atoms with Crippen LogP contribution in [0.2, 0.25) is 0 Å². The van der Waals surface area contributed by atoms with Gasteiger partial charge in [0.25, 0.3) is 0 Å². The van der Waals surface area contributed by atoms with Gasteiger partial charge in [-0.1, -0.05) is 0 Å². The molecule has 0 radical (unpaired) electrons. The van der Waals surface area contributed by atoms with Crippen LogP contribution in [0.25, 0.3) is 0 Å². The molecular weight excluding hydrogens is 741 g/mol. The van der Waals surface area contributed by atoms with E-state index in [0.29, 0.717) is 0 Å². The van der Waals surface area contributed by atoms with Gasteiger partial charge in [-0.3, -0.25) is 0 Å². The summed E-state index contributed by atoms with van der Waals surface area (Å²) in [5.41, 5.74) is 0. The SMILES string of the molecule is [Ir+3].[Ir+3].[O]=[Mn](=[O])([O-])[O-].[O]=[Mn](=[O])([O-])[O-].[O]=[Mn](=[O])([O-])[O-]. The van der Waals surface area contributed by atoms with Crippen LogP contribution in [0.4, 0.5) is 0 Å². The molecule has 0 bridgehead atoms. The summed E-state index contributed by atoms with van der Waals surface area (Å²) in [6.45, 7) is 0. The third-order valence-electron chi connectivity index (χ3n) is 0. The van der Waals surface area contributed by atoms with Gasteiger partial charge in [-0.25, -0.2) is 0 Å². The number of hydrogen-bond donors (Lipinski definition) is 0. The van der Waals surface area contributed by atoms with Crippen LogP contribution >= 0.6 is 0 Å². The van der Waals surface area contributed by atoms with Gasteiger partial charge >= 0.3 is 128 Å². The van der Waals surface area contributed by atoms with Gasteiger partial charge in [0.1, 0.15) is 0 Å². The molecule has 0 N–H and O–H groups in total. The topological polar surface area (TPSA) is 241 Å². The zero-order valence-electron chi connectivity index (χ0n) is 6.70. The Balaban J connectivity index is -0.0000000400. The van der Waals surface area contributed by atoms with Gasteiger partial charge in [-0.05, 0) is 0 Å². The quantitative estimate of drug-likeness (QED) is 0.211. The molecule has 0 aliphatic rings. The maximum absolute atomic E-state index is 8.58. The van der Waals surface area contributed by atoms with Crippen molar-refractivity contribution in [2.75, 3.05) is 0 Å². The Morgan fingerprint density at radius 2 is 0.412 bits per heavy atom. The molecule has 0 amide bonds. The summed E-state index contributed by atoms with van der Waals surface area (Å²) in [5, 5.41) is 0. The maximum atomic E-state index is 8.58. The molecule has 0 aliphatic carbocycles. The first-order valence-corrected chi connectivity index (χ1v) is 7.63. The van der Waals surface area contributed by atoms with Crippen molar-refractivity contribution in [1.82, 2.24) is 0 Å². The Hall–Kier alpha value is 1.42. The Kier molecular flexibility index (Phi) is 22.7. The van der Waals surface area contributed by atoms with Gasteiger partial charge in [-0.2, -0.15) is 0 Å². The summed E-state index contributed by atoms with van der Waals surface area (Å²) in [4.78, 5) is 0. The summed E-state index contributed by atoms with van der Waals surface area (Å²) in [6, 6.07) is 0. The van der Waals surface area contributed by atoms with E-state index < -0.39 is 40.1 Å². The van der Waals surface area contributed by atoms with Crippen molar-refractivity contribution >= 4 is 0 Å². The van der Waals surface area contributed by atoms with Gasteiger partial charge in [-0.15, -0.1) is 0 Å². The molecule has 0 saturated heterocycles. The van der Waals surface area contributed by atoms with Crippen LogP contribution < -0.4 is 25.1 Å². The summed E-state index contributed by atoms with van der Waals surface area (Å²) < 4.78 is 103. The molecule has 0 aromatic rings. The minimum absolute atomic E-state index is 0. The molecule has 0 atom stereocenters. The normalized spacial score (nSPS) is 10.2. The first-order chi connectivity index (χ1) is 6.00. The molecule has 0 unspecified atom stereocenters. The van der Waals surface area contributed by atoms with Crippen LogP contribution in [0.1, 0.15) is 0 Å². The van der Waals surface area contributed by atoms with E-state index in [1.807, 2.05) is 0 Å². The molecule has 0 heterocycles. The van der Waals surface area contributed by atoms with Crippen molar-refractivity contribution in [3.8, 4) is 0 Å². The van der Waals surface area contributed by atoms with Crippen LogP contribution in [0.3, 0.4) is 0 Å². The fourth-order valence-corrected chi connectivity index (χ4v) is 0. The van der Waals surface area contributed by atoms with Crippen LogP contribution in [0.5, 0.6) is 0 Å². The average molecular weight is 741 g/mol. The van der Waals surface area contributed by atoms with Crippen molar-refractivity contribution in [3.05, 3.63) is 0 Å². The molecule has 0 saturated carbocycles. The standard InChI is InChI=1S/2Ir.3Mn.12O/q2*+3;;;;;;;;;;6*-1. The molecule has 0 aliphatic heterocycles. The second-order valence-corrected chi connectivity index (χ2v) is 4.68. The molecule has 0 aromatic carbocycles. The summed E-state index contributed by atoms with van der Waals surface area (Å²) in [5.74, 6) is 0. The Labute approximate surface area is 127 Å². The summed E-state index contributed by atoms with van der Waals surface area (Å²) >= 11 is -16.9. The third-order valence-corrected chi connectivity index (χ3v) is 0. The molecule has 0 spiro atoms. The van der Waals surface area contributed by atoms with Crippen LogP contribution in [-0.4, -0.2) is 0 Å². The third kappa shape index (κ3) is 2060. The number of hydrogen-bond acceptors (Lipinski definition) is 12. The van der Waals surface area contributed by atoms with Gasteiger partial charge < -0.3 is 0 Å². The molecule has 0 fully saturated rings. The van der Waals surface area contributed by atoms with Crippen molar-refractivity contribution in [3.63, 3.8) is 0 Å². The van der Waals surface area contributed by atoms with E-state index in [1.54, 1.807) is 0 Å². The number of rotatable bonds is 0. The molecule has 17 heteroatoms. The van der Waals surface area contributed by atoms with Gasteiger partial charge in [0, 0.05) is 0 Å². The average Bonchev–Trinajstić information content (AvgIpc) is 1.41. The van der Waals surface area contributed by atoms with Crippen LogP contribution in [0.15, 0.2) is 0 Å². The fourth-order valence-electron chi connectivity index (χ4n) is 0. The zero-order chi connectivity index (χ0) is 13.5. The van der Waals surface area contributed by atoms with Crippen molar-refractivity contribution in [2.45, 2.75) is 0 Å². The van der Waals surface area contributed by atoms with E-state index in [-0.39, 0.29) is 40.2 Å². The zero-order valence-corrected chi connectivity index (χ0v) is 15.0. The van der Waals surface area contributed by atoms with E-state index in [9.17, 15) is 0 Å². The van der Waals surface area contributed by atoms with E-state index >= 15 is 0 Å². The van der Waals surface area contributed by atoms with E-state index in [2.05, 4.69) is 0 Å². The molecule has 12 nitrogen and oxygen atoms in total. The Morgan fingerprint density at radius 3 is 0.412 bits per heavy atom. The van der Waals surface area contributed by atoms with E-state index in [0.717, 1.165) is 0 Å². The Bertz CT molecular complexity index is 341. The second-order valence-electron chi connectivity index (χ2n) is 1.13. The predicted molar refractivity (Wildman–Crippen MR) is 4.12 cm³/mol. The molecule has 0 rings (SSSR count). The summed E-state index contributed by atoms with van der Waals surface area (Å²) in [7, 11) is 0. The molecule has 111 valence electrons. The van der Waals surface area contributed by atoms with Crippen molar-refractivity contribution in [2.24, 2.45) is 0 Å². The molecular formula is Ir2Mn3O12. The monoisotopic (exact) mass is 743 g/mol. The molecule has 0 aromatic heterocycles. The van der Waals surface area contributed by atoms with E-state index in [1.165, 1.54) is 0 Å². The first-order valence-electron chi connectivity index (χ1n) is 1.85. The van der Waals surface area contributed by atoms with Crippen LogP contribution in [0, 0.1) is 0 Å². The predicted octanol–water partition coefficient (Wildman–Crippen LogP) is -7.86. The second kappa shape index (κ2) is 12.5. The first kappa shape index (κ1) is 31.0. The van der Waals surface area contributed by atoms with Gasteiger partial charge in [0.15, 0.2) is 0 Å². The van der Waals surface area contributed by atoms with E-state index in [4.69, 9.17) is 48.1 Å².